The SMILES string of the molecule is C#Cc1nn(C(=O)O)c2ccc(C)c(C(C)(C)C)c12. The molecule has 0 atom stereocenters. The first kappa shape index (κ1) is 13.2. The summed E-state index contributed by atoms with van der Waals surface area (Å²) in [6.45, 7) is 8.23. The van der Waals surface area contributed by atoms with Crippen molar-refractivity contribution in [2.45, 2.75) is 33.1 Å². The van der Waals surface area contributed by atoms with E-state index >= 15 is 0 Å². The molecule has 0 saturated heterocycles. The fourth-order valence-corrected chi connectivity index (χ4v) is 2.53. The van der Waals surface area contributed by atoms with Crippen LogP contribution in [-0.4, -0.2) is 21.0 Å². The molecule has 2 aromatic rings. The normalized spacial score (nSPS) is 11.5. The molecule has 0 aliphatic carbocycles. The summed E-state index contributed by atoms with van der Waals surface area (Å²) in [5, 5.41) is 14.0. The van der Waals surface area contributed by atoms with E-state index in [2.05, 4.69) is 31.8 Å². The number of carboxylic acid groups (broad SMARTS) is 1. The van der Waals surface area contributed by atoms with Crippen molar-refractivity contribution in [3.05, 3.63) is 29.0 Å². The first-order valence-corrected chi connectivity index (χ1v) is 6.00. The van der Waals surface area contributed by atoms with Gasteiger partial charge in [0.2, 0.25) is 0 Å². The van der Waals surface area contributed by atoms with Gasteiger partial charge in [-0.25, -0.2) is 4.79 Å². The summed E-state index contributed by atoms with van der Waals surface area (Å²) in [5.41, 5.74) is 2.91. The molecule has 19 heavy (non-hydrogen) atoms. The van der Waals surface area contributed by atoms with Crippen molar-refractivity contribution in [2.75, 3.05) is 0 Å². The van der Waals surface area contributed by atoms with Gasteiger partial charge in [-0.05, 0) is 35.5 Å². The van der Waals surface area contributed by atoms with Crippen LogP contribution in [0.25, 0.3) is 10.9 Å². The second-order valence-corrected chi connectivity index (χ2v) is 5.59. The van der Waals surface area contributed by atoms with Crippen LogP contribution in [0.3, 0.4) is 0 Å². The molecule has 0 aliphatic rings. The Morgan fingerprint density at radius 1 is 1.42 bits per heavy atom. The fraction of sp³-hybridized carbons (Fsp3) is 0.333. The van der Waals surface area contributed by atoms with Crippen molar-refractivity contribution in [3.8, 4) is 12.3 Å². The summed E-state index contributed by atoms with van der Waals surface area (Å²) in [7, 11) is 0. The Balaban J connectivity index is 3.02. The van der Waals surface area contributed by atoms with E-state index < -0.39 is 6.09 Å². The summed E-state index contributed by atoms with van der Waals surface area (Å²) in [6, 6.07) is 3.66. The molecule has 0 radical (unpaired) electrons. The maximum absolute atomic E-state index is 11.2. The van der Waals surface area contributed by atoms with E-state index in [0.29, 0.717) is 11.2 Å². The van der Waals surface area contributed by atoms with Gasteiger partial charge in [-0.2, -0.15) is 9.78 Å². The number of carbonyl (C=O) groups is 1. The minimum absolute atomic E-state index is 0.137. The zero-order chi connectivity index (χ0) is 14.4. The van der Waals surface area contributed by atoms with Crippen LogP contribution < -0.4 is 0 Å². The van der Waals surface area contributed by atoms with Crippen molar-refractivity contribution in [2.24, 2.45) is 0 Å². The molecule has 0 amide bonds. The number of aromatic nitrogens is 2. The minimum atomic E-state index is -1.13. The molecular formula is C15H16N2O2. The largest absolute Gasteiger partial charge is 0.463 e. The summed E-state index contributed by atoms with van der Waals surface area (Å²) < 4.78 is 0.944. The third kappa shape index (κ3) is 1.97. The Morgan fingerprint density at radius 3 is 2.53 bits per heavy atom. The molecule has 0 bridgehead atoms. The summed E-state index contributed by atoms with van der Waals surface area (Å²) in [6.07, 6.45) is 4.34. The number of hydrogen-bond donors (Lipinski definition) is 1. The van der Waals surface area contributed by atoms with Gasteiger partial charge >= 0.3 is 6.09 Å². The monoisotopic (exact) mass is 256 g/mol. The molecule has 0 spiro atoms. The van der Waals surface area contributed by atoms with Crippen LogP contribution in [0, 0.1) is 19.3 Å². The Morgan fingerprint density at radius 2 is 2.05 bits per heavy atom. The lowest BCUT2D eigenvalue weighted by Gasteiger charge is -2.23. The van der Waals surface area contributed by atoms with E-state index in [0.717, 1.165) is 21.2 Å². The van der Waals surface area contributed by atoms with Gasteiger partial charge in [-0.1, -0.05) is 26.8 Å². The number of aryl methyl sites for hydroxylation is 1. The van der Waals surface area contributed by atoms with Crippen molar-refractivity contribution >= 4 is 17.0 Å². The van der Waals surface area contributed by atoms with Gasteiger partial charge in [-0.15, -0.1) is 6.42 Å². The van der Waals surface area contributed by atoms with E-state index in [1.807, 2.05) is 13.0 Å². The average Bonchev–Trinajstić information content (AvgIpc) is 2.65. The summed E-state index contributed by atoms with van der Waals surface area (Å²) in [4.78, 5) is 11.2. The Hall–Kier alpha value is -2.28. The number of nitrogens with zero attached hydrogens (tertiary/aromatic N) is 2. The molecule has 1 N–H and O–H groups in total. The maximum atomic E-state index is 11.2. The van der Waals surface area contributed by atoms with E-state index in [1.54, 1.807) is 6.07 Å². The fourth-order valence-electron chi connectivity index (χ4n) is 2.53. The van der Waals surface area contributed by atoms with E-state index in [9.17, 15) is 9.90 Å². The van der Waals surface area contributed by atoms with Gasteiger partial charge in [0.15, 0.2) is 0 Å². The predicted octanol–water partition coefficient (Wildman–Crippen LogP) is 3.15. The highest BCUT2D eigenvalue weighted by Crippen LogP contribution is 2.34. The van der Waals surface area contributed by atoms with E-state index in [-0.39, 0.29) is 5.41 Å². The van der Waals surface area contributed by atoms with Gasteiger partial charge in [0.05, 0.1) is 5.52 Å². The van der Waals surface area contributed by atoms with Gasteiger partial charge in [0.1, 0.15) is 5.69 Å². The highest BCUT2D eigenvalue weighted by atomic mass is 16.4. The van der Waals surface area contributed by atoms with Gasteiger partial charge in [0.25, 0.3) is 0 Å². The molecule has 4 nitrogen and oxygen atoms in total. The second kappa shape index (κ2) is 4.13. The van der Waals surface area contributed by atoms with E-state index in [4.69, 9.17) is 6.42 Å². The van der Waals surface area contributed by atoms with Gasteiger partial charge in [-0.3, -0.25) is 0 Å². The highest BCUT2D eigenvalue weighted by Gasteiger charge is 2.25. The van der Waals surface area contributed by atoms with Crippen molar-refractivity contribution in [1.82, 2.24) is 9.78 Å². The standard InChI is InChI=1S/C15H16N2O2/c1-6-10-12-11(17(16-10)14(18)19)8-7-9(2)13(12)15(3,4)5/h1,7-8H,2-5H3,(H,18,19). The van der Waals surface area contributed by atoms with Crippen LogP contribution >= 0.6 is 0 Å². The van der Waals surface area contributed by atoms with Crippen LogP contribution in [0.1, 0.15) is 37.6 Å². The molecule has 2 rings (SSSR count). The van der Waals surface area contributed by atoms with E-state index in [1.165, 1.54) is 0 Å². The molecule has 1 heterocycles. The van der Waals surface area contributed by atoms with Crippen LogP contribution in [-0.2, 0) is 5.41 Å². The lowest BCUT2D eigenvalue weighted by atomic mass is 9.81. The van der Waals surface area contributed by atoms with Crippen LogP contribution in [0.15, 0.2) is 12.1 Å². The maximum Gasteiger partial charge on any atom is 0.432 e. The molecule has 0 saturated carbocycles. The van der Waals surface area contributed by atoms with Gasteiger partial charge < -0.3 is 5.11 Å². The van der Waals surface area contributed by atoms with Crippen LogP contribution in [0.4, 0.5) is 4.79 Å². The third-order valence-corrected chi connectivity index (χ3v) is 3.12. The van der Waals surface area contributed by atoms with Crippen molar-refractivity contribution < 1.29 is 9.90 Å². The van der Waals surface area contributed by atoms with Crippen molar-refractivity contribution in [1.29, 1.82) is 0 Å². The smallest absolute Gasteiger partial charge is 0.432 e. The quantitative estimate of drug-likeness (QED) is 0.737. The lowest BCUT2D eigenvalue weighted by Crippen LogP contribution is -2.14. The molecule has 0 aliphatic heterocycles. The molecule has 0 fully saturated rings. The van der Waals surface area contributed by atoms with Crippen LogP contribution in [0.2, 0.25) is 0 Å². The van der Waals surface area contributed by atoms with Crippen LogP contribution in [0.5, 0.6) is 0 Å². The Bertz CT molecular complexity index is 712. The number of fused-ring (bicyclic) bond motifs is 1. The first-order chi connectivity index (χ1) is 8.77. The Kier molecular flexibility index (Phi) is 2.86. The molecule has 1 aromatic carbocycles. The topological polar surface area (TPSA) is 55.1 Å². The molecule has 98 valence electrons. The predicted molar refractivity (Wildman–Crippen MR) is 74.5 cm³/mol. The number of terminal acetylenes is 1. The summed E-state index contributed by atoms with van der Waals surface area (Å²) >= 11 is 0. The van der Waals surface area contributed by atoms with Gasteiger partial charge in [0, 0.05) is 5.39 Å². The average molecular weight is 256 g/mol. The molecular weight excluding hydrogens is 240 g/mol. The Labute approximate surface area is 112 Å². The number of hydrogen-bond acceptors (Lipinski definition) is 2. The zero-order valence-electron chi connectivity index (χ0n) is 11.5. The molecule has 4 heteroatoms. The minimum Gasteiger partial charge on any atom is -0.463 e. The van der Waals surface area contributed by atoms with Crippen molar-refractivity contribution in [3.63, 3.8) is 0 Å². The summed E-state index contributed by atoms with van der Waals surface area (Å²) in [5.74, 6) is 2.49. The zero-order valence-corrected chi connectivity index (χ0v) is 11.5. The highest BCUT2D eigenvalue weighted by molar-refractivity contribution is 5.94. The first-order valence-electron chi connectivity index (χ1n) is 6.00. The number of rotatable bonds is 0. The second-order valence-electron chi connectivity index (χ2n) is 5.59. The number of benzene rings is 1. The lowest BCUT2D eigenvalue weighted by molar-refractivity contribution is 0.194. The molecule has 0 unspecified atom stereocenters. The third-order valence-electron chi connectivity index (χ3n) is 3.12. The molecule has 1 aromatic heterocycles.